The first-order valence-corrected chi connectivity index (χ1v) is 7.33. The van der Waals surface area contributed by atoms with E-state index in [2.05, 4.69) is 4.74 Å². The van der Waals surface area contributed by atoms with Crippen LogP contribution in [0.2, 0.25) is 0 Å². The number of carbonyl (C=O) groups is 1. The lowest BCUT2D eigenvalue weighted by Crippen LogP contribution is -2.36. The minimum Gasteiger partial charge on any atom is -0.481 e. The molecule has 1 aliphatic rings. The molecule has 3 nitrogen and oxygen atoms in total. The SMILES string of the molecule is CCC1(C(=O)O)C(C=C(Cl)C(F)(F)OCC(F)(F)C(F)F)C1(C)C. The van der Waals surface area contributed by atoms with E-state index < -0.39 is 52.8 Å². The molecule has 2 unspecified atom stereocenters. The highest BCUT2D eigenvalue weighted by atomic mass is 35.5. The van der Waals surface area contributed by atoms with E-state index in [1.165, 1.54) is 0 Å². The summed E-state index contributed by atoms with van der Waals surface area (Å²) in [6, 6.07) is 0. The molecule has 10 heteroatoms. The van der Waals surface area contributed by atoms with Crippen LogP contribution in [0.25, 0.3) is 0 Å². The Kier molecular flexibility index (Phi) is 5.62. The Labute approximate surface area is 139 Å². The third-order valence-corrected chi connectivity index (χ3v) is 5.02. The number of ether oxygens (including phenoxy) is 1. The first kappa shape index (κ1) is 21.1. The molecule has 0 radical (unpaired) electrons. The molecule has 0 aliphatic heterocycles. The summed E-state index contributed by atoms with van der Waals surface area (Å²) < 4.78 is 80.1. The zero-order valence-electron chi connectivity index (χ0n) is 13.1. The van der Waals surface area contributed by atoms with Crippen molar-refractivity contribution in [3.8, 4) is 0 Å². The van der Waals surface area contributed by atoms with Crippen molar-refractivity contribution in [1.29, 1.82) is 0 Å². The van der Waals surface area contributed by atoms with Crippen molar-refractivity contribution in [3.63, 3.8) is 0 Å². The molecule has 140 valence electrons. The van der Waals surface area contributed by atoms with Crippen LogP contribution in [0, 0.1) is 16.7 Å². The van der Waals surface area contributed by atoms with Crippen molar-refractivity contribution >= 4 is 17.6 Å². The number of carboxylic acid groups (broad SMARTS) is 1. The van der Waals surface area contributed by atoms with Gasteiger partial charge in [0.15, 0.2) is 0 Å². The van der Waals surface area contributed by atoms with E-state index in [4.69, 9.17) is 11.6 Å². The molecule has 0 spiro atoms. The molecule has 1 N–H and O–H groups in total. The molecule has 1 saturated carbocycles. The zero-order chi connectivity index (χ0) is 19.1. The topological polar surface area (TPSA) is 46.5 Å². The van der Waals surface area contributed by atoms with Gasteiger partial charge in [-0.1, -0.05) is 38.4 Å². The van der Waals surface area contributed by atoms with Crippen LogP contribution >= 0.6 is 11.6 Å². The van der Waals surface area contributed by atoms with Crippen LogP contribution in [0.4, 0.5) is 26.3 Å². The van der Waals surface area contributed by atoms with E-state index in [-0.39, 0.29) is 6.42 Å². The second-order valence-corrected chi connectivity index (χ2v) is 6.62. The average molecular weight is 383 g/mol. The maximum atomic E-state index is 13.7. The van der Waals surface area contributed by atoms with E-state index in [9.17, 15) is 36.2 Å². The second-order valence-electron chi connectivity index (χ2n) is 6.21. The van der Waals surface area contributed by atoms with Crippen molar-refractivity contribution in [2.24, 2.45) is 16.7 Å². The average Bonchev–Trinajstić information content (AvgIpc) is 2.92. The van der Waals surface area contributed by atoms with E-state index in [1.807, 2.05) is 0 Å². The fourth-order valence-corrected chi connectivity index (χ4v) is 3.22. The fraction of sp³-hybridized carbons (Fsp3) is 0.786. The van der Waals surface area contributed by atoms with Gasteiger partial charge in [-0.3, -0.25) is 4.79 Å². The number of halogens is 7. The molecule has 1 aliphatic carbocycles. The maximum absolute atomic E-state index is 13.7. The quantitative estimate of drug-likeness (QED) is 0.616. The molecule has 0 aromatic rings. The highest BCUT2D eigenvalue weighted by Gasteiger charge is 2.74. The standard InChI is InChI=1S/C14H17ClF6O3/c1-4-12(10(22)23)7(11(12,2)3)5-8(15)14(20,21)24-6-13(18,19)9(16)17/h5,7,9H,4,6H2,1-3H3,(H,22,23). The summed E-state index contributed by atoms with van der Waals surface area (Å²) in [6.45, 7) is 2.42. The number of alkyl halides is 6. The van der Waals surface area contributed by atoms with E-state index >= 15 is 0 Å². The Hall–Kier alpha value is -0.960. The largest absolute Gasteiger partial charge is 0.481 e. The van der Waals surface area contributed by atoms with Crippen molar-refractivity contribution in [3.05, 3.63) is 11.1 Å². The predicted molar refractivity (Wildman–Crippen MR) is 73.4 cm³/mol. The normalized spacial score (nSPS) is 27.5. The van der Waals surface area contributed by atoms with Crippen molar-refractivity contribution in [2.75, 3.05) is 6.61 Å². The summed E-state index contributed by atoms with van der Waals surface area (Å²) in [4.78, 5) is 11.4. The Balaban J connectivity index is 2.94. The van der Waals surface area contributed by atoms with E-state index in [0.29, 0.717) is 0 Å². The smallest absolute Gasteiger partial charge is 0.393 e. The zero-order valence-corrected chi connectivity index (χ0v) is 13.8. The van der Waals surface area contributed by atoms with Gasteiger partial charge in [0.2, 0.25) is 0 Å². The van der Waals surface area contributed by atoms with Crippen LogP contribution < -0.4 is 0 Å². The van der Waals surface area contributed by atoms with Crippen LogP contribution in [-0.2, 0) is 9.53 Å². The van der Waals surface area contributed by atoms with Crippen molar-refractivity contribution < 1.29 is 41.0 Å². The number of carboxylic acids is 1. The van der Waals surface area contributed by atoms with Crippen molar-refractivity contribution in [2.45, 2.75) is 45.6 Å². The van der Waals surface area contributed by atoms with Gasteiger partial charge in [-0.25, -0.2) is 8.78 Å². The monoisotopic (exact) mass is 382 g/mol. The number of hydrogen-bond acceptors (Lipinski definition) is 2. The number of allylic oxidation sites excluding steroid dienone is 1. The van der Waals surface area contributed by atoms with Gasteiger partial charge < -0.3 is 9.84 Å². The molecule has 0 saturated heterocycles. The van der Waals surface area contributed by atoms with Crippen LogP contribution in [0.1, 0.15) is 27.2 Å². The Morgan fingerprint density at radius 2 is 1.83 bits per heavy atom. The van der Waals surface area contributed by atoms with Gasteiger partial charge in [0.25, 0.3) is 0 Å². The van der Waals surface area contributed by atoms with Crippen LogP contribution in [0.3, 0.4) is 0 Å². The summed E-state index contributed by atoms with van der Waals surface area (Å²) in [5.41, 5.74) is -2.22. The van der Waals surface area contributed by atoms with Gasteiger partial charge in [-0.2, -0.15) is 17.6 Å². The lowest BCUT2D eigenvalue weighted by molar-refractivity contribution is -0.258. The maximum Gasteiger partial charge on any atom is 0.393 e. The molecule has 0 amide bonds. The van der Waals surface area contributed by atoms with Gasteiger partial charge in [0.1, 0.15) is 11.6 Å². The van der Waals surface area contributed by atoms with Gasteiger partial charge in [0.05, 0.1) is 5.41 Å². The van der Waals surface area contributed by atoms with E-state index in [1.54, 1.807) is 20.8 Å². The summed E-state index contributed by atoms with van der Waals surface area (Å²) in [6.07, 6.45) is -7.73. The van der Waals surface area contributed by atoms with Crippen LogP contribution in [0.15, 0.2) is 11.1 Å². The molecule has 0 bridgehead atoms. The summed E-state index contributed by atoms with van der Waals surface area (Å²) >= 11 is 5.39. The Bertz CT molecular complexity index is 535. The third-order valence-electron chi connectivity index (χ3n) is 4.67. The third kappa shape index (κ3) is 3.37. The van der Waals surface area contributed by atoms with E-state index in [0.717, 1.165) is 6.08 Å². The minimum atomic E-state index is -4.76. The van der Waals surface area contributed by atoms with Gasteiger partial charge in [-0.05, 0) is 11.8 Å². The molecule has 1 rings (SSSR count). The number of rotatable bonds is 8. The van der Waals surface area contributed by atoms with Crippen LogP contribution in [-0.4, -0.2) is 36.1 Å². The molecule has 0 heterocycles. The summed E-state index contributed by atoms with van der Waals surface area (Å²) in [5, 5.41) is 8.01. The number of aliphatic carboxylic acids is 1. The first-order chi connectivity index (χ1) is 10.7. The highest BCUT2D eigenvalue weighted by Crippen LogP contribution is 2.71. The Morgan fingerprint density at radius 1 is 1.33 bits per heavy atom. The predicted octanol–water partition coefficient (Wildman–Crippen LogP) is 4.76. The lowest BCUT2D eigenvalue weighted by Gasteiger charge is -2.21. The molecule has 1 fully saturated rings. The van der Waals surface area contributed by atoms with Gasteiger partial charge in [-0.15, -0.1) is 0 Å². The Morgan fingerprint density at radius 3 is 2.17 bits per heavy atom. The molecular weight excluding hydrogens is 366 g/mol. The summed E-state index contributed by atoms with van der Waals surface area (Å²) in [7, 11) is 0. The molecule has 2 atom stereocenters. The minimum absolute atomic E-state index is 0.135. The second kappa shape index (κ2) is 6.40. The molecular formula is C14H17ClF6O3. The molecule has 24 heavy (non-hydrogen) atoms. The molecule has 0 aromatic carbocycles. The lowest BCUT2D eigenvalue weighted by atomic mass is 9.93. The van der Waals surface area contributed by atoms with Crippen molar-refractivity contribution in [1.82, 2.24) is 0 Å². The molecule has 0 aromatic heterocycles. The first-order valence-electron chi connectivity index (χ1n) is 6.95. The highest BCUT2D eigenvalue weighted by molar-refractivity contribution is 6.30. The fourth-order valence-electron chi connectivity index (χ4n) is 3.04. The van der Waals surface area contributed by atoms with Crippen LogP contribution in [0.5, 0.6) is 0 Å². The number of hydrogen-bond donors (Lipinski definition) is 1. The van der Waals surface area contributed by atoms with Gasteiger partial charge >= 0.3 is 24.4 Å². The van der Waals surface area contributed by atoms with Gasteiger partial charge in [0, 0.05) is 5.92 Å². The summed E-state index contributed by atoms with van der Waals surface area (Å²) in [5.74, 6) is -6.84.